The molecule has 1 fully saturated rings. The van der Waals surface area contributed by atoms with Gasteiger partial charge in [0.25, 0.3) is 0 Å². The predicted molar refractivity (Wildman–Crippen MR) is 76.6 cm³/mol. The van der Waals surface area contributed by atoms with Crippen LogP contribution in [-0.4, -0.2) is 73.5 Å². The topological polar surface area (TPSA) is 93.5 Å². The quantitative estimate of drug-likeness (QED) is 0.778. The average Bonchev–Trinajstić information content (AvgIpc) is 2.90. The first kappa shape index (κ1) is 15.8. The number of carbonyl (C=O) groups is 1. The smallest absolute Gasteiger partial charge is 0.317 e. The van der Waals surface area contributed by atoms with Gasteiger partial charge in [0.2, 0.25) is 0 Å². The SMILES string of the molecule is CS(=O)(=O)CC1CN(C(=O)NCCn2cccn2)CCO1. The molecule has 2 rings (SSSR count). The summed E-state index contributed by atoms with van der Waals surface area (Å²) in [7, 11) is -3.11. The Bertz CT molecular complexity index is 558. The molecule has 9 heteroatoms. The Hall–Kier alpha value is -1.61. The second-order valence-electron chi connectivity index (χ2n) is 5.03. The molecule has 0 bridgehead atoms. The molecule has 1 atom stereocenters. The van der Waals surface area contributed by atoms with Crippen LogP contribution in [0, 0.1) is 0 Å². The minimum Gasteiger partial charge on any atom is -0.373 e. The number of amides is 2. The Morgan fingerprint density at radius 1 is 1.52 bits per heavy atom. The summed E-state index contributed by atoms with van der Waals surface area (Å²) in [4.78, 5) is 13.6. The first-order valence-electron chi connectivity index (χ1n) is 6.73. The molecule has 1 unspecified atom stereocenters. The molecule has 0 spiro atoms. The van der Waals surface area contributed by atoms with Crippen molar-refractivity contribution in [2.75, 3.05) is 38.2 Å². The van der Waals surface area contributed by atoms with Gasteiger partial charge in [-0.25, -0.2) is 13.2 Å². The number of nitrogens with zero attached hydrogens (tertiary/aromatic N) is 3. The number of ether oxygens (including phenoxy) is 1. The molecular formula is C12H20N4O4S. The number of rotatable bonds is 5. The number of aromatic nitrogens is 2. The molecule has 0 saturated carbocycles. The van der Waals surface area contributed by atoms with Crippen molar-refractivity contribution in [3.8, 4) is 0 Å². The Balaban J connectivity index is 1.76. The highest BCUT2D eigenvalue weighted by molar-refractivity contribution is 7.90. The number of hydrogen-bond acceptors (Lipinski definition) is 5. The molecule has 1 aliphatic heterocycles. The van der Waals surface area contributed by atoms with Crippen molar-refractivity contribution in [1.29, 1.82) is 0 Å². The lowest BCUT2D eigenvalue weighted by Gasteiger charge is -2.32. The maximum atomic E-state index is 12.0. The van der Waals surface area contributed by atoms with Gasteiger partial charge in [-0.3, -0.25) is 4.68 Å². The summed E-state index contributed by atoms with van der Waals surface area (Å²) in [6, 6.07) is 1.61. The van der Waals surface area contributed by atoms with Crippen LogP contribution in [0.4, 0.5) is 4.79 Å². The zero-order chi connectivity index (χ0) is 15.3. The third-order valence-electron chi connectivity index (χ3n) is 3.09. The zero-order valence-corrected chi connectivity index (χ0v) is 12.8. The van der Waals surface area contributed by atoms with E-state index in [0.29, 0.717) is 32.8 Å². The van der Waals surface area contributed by atoms with Crippen molar-refractivity contribution in [2.24, 2.45) is 0 Å². The number of urea groups is 1. The largest absolute Gasteiger partial charge is 0.373 e. The fraction of sp³-hybridized carbons (Fsp3) is 0.667. The molecule has 1 saturated heterocycles. The second kappa shape index (κ2) is 6.90. The van der Waals surface area contributed by atoms with Crippen molar-refractivity contribution < 1.29 is 17.9 Å². The highest BCUT2D eigenvalue weighted by Crippen LogP contribution is 2.07. The van der Waals surface area contributed by atoms with E-state index in [0.717, 1.165) is 0 Å². The van der Waals surface area contributed by atoms with Crippen LogP contribution in [0.1, 0.15) is 0 Å². The molecule has 1 N–H and O–H groups in total. The summed E-state index contributed by atoms with van der Waals surface area (Å²) in [6.07, 6.45) is 4.22. The number of carbonyl (C=O) groups excluding carboxylic acids is 1. The summed E-state index contributed by atoms with van der Waals surface area (Å²) in [5, 5.41) is 6.84. The lowest BCUT2D eigenvalue weighted by Crippen LogP contribution is -2.51. The van der Waals surface area contributed by atoms with E-state index in [-0.39, 0.29) is 11.8 Å². The van der Waals surface area contributed by atoms with Crippen molar-refractivity contribution in [1.82, 2.24) is 20.0 Å². The number of sulfone groups is 1. The summed E-state index contributed by atoms with van der Waals surface area (Å²) >= 11 is 0. The summed E-state index contributed by atoms with van der Waals surface area (Å²) < 4.78 is 29.7. The molecule has 1 aromatic heterocycles. The van der Waals surface area contributed by atoms with Gasteiger partial charge in [0, 0.05) is 38.3 Å². The molecule has 21 heavy (non-hydrogen) atoms. The molecule has 0 aliphatic carbocycles. The van der Waals surface area contributed by atoms with Crippen LogP contribution in [0.5, 0.6) is 0 Å². The van der Waals surface area contributed by atoms with Gasteiger partial charge in [-0.15, -0.1) is 0 Å². The molecular weight excluding hydrogens is 296 g/mol. The Morgan fingerprint density at radius 3 is 3.00 bits per heavy atom. The number of nitrogens with one attached hydrogen (secondary N) is 1. The Labute approximate surface area is 124 Å². The molecule has 2 heterocycles. The van der Waals surface area contributed by atoms with Crippen molar-refractivity contribution in [3.05, 3.63) is 18.5 Å². The van der Waals surface area contributed by atoms with E-state index >= 15 is 0 Å². The minimum atomic E-state index is -3.11. The fourth-order valence-corrected chi connectivity index (χ4v) is 3.04. The molecule has 118 valence electrons. The molecule has 0 radical (unpaired) electrons. The van der Waals surface area contributed by atoms with Crippen molar-refractivity contribution >= 4 is 15.9 Å². The molecule has 8 nitrogen and oxygen atoms in total. The van der Waals surface area contributed by atoms with Crippen molar-refractivity contribution in [3.63, 3.8) is 0 Å². The number of hydrogen-bond donors (Lipinski definition) is 1. The van der Waals surface area contributed by atoms with Gasteiger partial charge < -0.3 is 15.0 Å². The minimum absolute atomic E-state index is 0.0654. The zero-order valence-electron chi connectivity index (χ0n) is 11.9. The predicted octanol–water partition coefficient (Wildman–Crippen LogP) is -0.662. The van der Waals surface area contributed by atoms with E-state index < -0.39 is 15.9 Å². The van der Waals surface area contributed by atoms with E-state index in [2.05, 4.69) is 10.4 Å². The highest BCUT2D eigenvalue weighted by Gasteiger charge is 2.26. The lowest BCUT2D eigenvalue weighted by molar-refractivity contribution is -0.00166. The Morgan fingerprint density at radius 2 is 2.33 bits per heavy atom. The molecule has 0 aromatic carbocycles. The van der Waals surface area contributed by atoms with Gasteiger partial charge >= 0.3 is 6.03 Å². The van der Waals surface area contributed by atoms with Crippen LogP contribution in [0.2, 0.25) is 0 Å². The van der Waals surface area contributed by atoms with Crippen LogP contribution in [0.15, 0.2) is 18.5 Å². The first-order chi connectivity index (χ1) is 9.94. The van der Waals surface area contributed by atoms with Crippen LogP contribution in [0.3, 0.4) is 0 Å². The molecule has 1 aliphatic rings. The van der Waals surface area contributed by atoms with Crippen molar-refractivity contribution in [2.45, 2.75) is 12.6 Å². The third kappa shape index (κ3) is 5.35. The van der Waals surface area contributed by atoms with E-state index in [4.69, 9.17) is 4.74 Å². The second-order valence-corrected chi connectivity index (χ2v) is 7.22. The third-order valence-corrected chi connectivity index (χ3v) is 4.07. The number of morpholine rings is 1. The van der Waals surface area contributed by atoms with E-state index in [1.54, 1.807) is 15.8 Å². The molecule has 2 amide bonds. The fourth-order valence-electron chi connectivity index (χ4n) is 2.16. The highest BCUT2D eigenvalue weighted by atomic mass is 32.2. The monoisotopic (exact) mass is 316 g/mol. The van der Waals surface area contributed by atoms with Gasteiger partial charge in [0.15, 0.2) is 0 Å². The molecule has 1 aromatic rings. The van der Waals surface area contributed by atoms with Gasteiger partial charge in [-0.05, 0) is 6.07 Å². The maximum Gasteiger partial charge on any atom is 0.317 e. The van der Waals surface area contributed by atoms with Crippen LogP contribution in [0.25, 0.3) is 0 Å². The average molecular weight is 316 g/mol. The van der Waals surface area contributed by atoms with E-state index in [9.17, 15) is 13.2 Å². The normalized spacial score (nSPS) is 19.5. The summed E-state index contributed by atoms with van der Waals surface area (Å²) in [5.41, 5.74) is 0. The van der Waals surface area contributed by atoms with E-state index in [1.807, 2.05) is 12.3 Å². The maximum absolute atomic E-state index is 12.0. The first-order valence-corrected chi connectivity index (χ1v) is 8.79. The van der Waals surface area contributed by atoms with Gasteiger partial charge in [0.1, 0.15) is 9.84 Å². The van der Waals surface area contributed by atoms with Crippen LogP contribution < -0.4 is 5.32 Å². The summed E-state index contributed by atoms with van der Waals surface area (Å²) in [6.45, 7) is 2.17. The standard InChI is InChI=1S/C12H20N4O4S/c1-21(18,19)10-11-9-15(7-8-20-11)12(17)13-4-6-16-5-2-3-14-16/h2-3,5,11H,4,6-10H2,1H3,(H,13,17). The van der Waals surface area contributed by atoms with Gasteiger partial charge in [0.05, 0.1) is 25.0 Å². The van der Waals surface area contributed by atoms with Gasteiger partial charge in [-0.1, -0.05) is 0 Å². The summed E-state index contributed by atoms with van der Waals surface area (Å²) in [5.74, 6) is -0.0654. The van der Waals surface area contributed by atoms with Gasteiger partial charge in [-0.2, -0.15) is 5.10 Å². The Kier molecular flexibility index (Phi) is 5.18. The lowest BCUT2D eigenvalue weighted by atomic mass is 10.3. The van der Waals surface area contributed by atoms with Crippen LogP contribution in [-0.2, 0) is 21.1 Å². The van der Waals surface area contributed by atoms with E-state index in [1.165, 1.54) is 6.26 Å². The van der Waals surface area contributed by atoms with Crippen LogP contribution >= 0.6 is 0 Å².